The largest absolute Gasteiger partial charge is 0.294 e. The molecule has 1 aliphatic carbocycles. The lowest BCUT2D eigenvalue weighted by Gasteiger charge is -2.23. The molecule has 1 heterocycles. The van der Waals surface area contributed by atoms with Gasteiger partial charge < -0.3 is 0 Å². The van der Waals surface area contributed by atoms with E-state index in [1.165, 1.54) is 13.1 Å². The maximum atomic E-state index is 11.9. The van der Waals surface area contributed by atoms with Crippen molar-refractivity contribution in [3.63, 3.8) is 0 Å². The third kappa shape index (κ3) is 1.33. The van der Waals surface area contributed by atoms with E-state index in [1.807, 2.05) is 0 Å². The van der Waals surface area contributed by atoms with E-state index in [4.69, 9.17) is 0 Å². The number of carbonyl (C=O) groups is 3. The summed E-state index contributed by atoms with van der Waals surface area (Å²) in [7, 11) is 1.47. The van der Waals surface area contributed by atoms with Gasteiger partial charge in [-0.1, -0.05) is 18.7 Å². The number of hydrogen-bond acceptors (Lipinski definition) is 3. The SMILES string of the molecule is C=CC(=O)C1C=CC[C@H]2C(=O)N(C)C(=O)[C@@H]12. The van der Waals surface area contributed by atoms with E-state index in [1.54, 1.807) is 12.2 Å². The second-order valence-electron chi connectivity index (χ2n) is 4.16. The van der Waals surface area contributed by atoms with Crippen LogP contribution >= 0.6 is 0 Å². The van der Waals surface area contributed by atoms with E-state index in [9.17, 15) is 14.4 Å². The van der Waals surface area contributed by atoms with Crippen LogP contribution < -0.4 is 0 Å². The Balaban J connectivity index is 2.38. The fraction of sp³-hybridized carbons (Fsp3) is 0.417. The zero-order valence-electron chi connectivity index (χ0n) is 9.05. The molecule has 4 nitrogen and oxygen atoms in total. The first-order valence-electron chi connectivity index (χ1n) is 5.22. The van der Waals surface area contributed by atoms with Crippen molar-refractivity contribution in [2.24, 2.45) is 17.8 Å². The molecule has 1 unspecified atom stereocenters. The van der Waals surface area contributed by atoms with E-state index in [-0.39, 0.29) is 23.5 Å². The van der Waals surface area contributed by atoms with E-state index in [0.717, 1.165) is 4.90 Å². The number of amides is 2. The highest BCUT2D eigenvalue weighted by Gasteiger charge is 2.50. The van der Waals surface area contributed by atoms with Gasteiger partial charge in [-0.3, -0.25) is 19.3 Å². The maximum Gasteiger partial charge on any atom is 0.233 e. The highest BCUT2D eigenvalue weighted by atomic mass is 16.2. The minimum absolute atomic E-state index is 0.179. The molecular weight excluding hydrogens is 206 g/mol. The Morgan fingerprint density at radius 1 is 1.50 bits per heavy atom. The van der Waals surface area contributed by atoms with Crippen molar-refractivity contribution in [3.8, 4) is 0 Å². The van der Waals surface area contributed by atoms with Crippen molar-refractivity contribution in [3.05, 3.63) is 24.8 Å². The Morgan fingerprint density at radius 2 is 2.19 bits per heavy atom. The van der Waals surface area contributed by atoms with Gasteiger partial charge in [0, 0.05) is 7.05 Å². The van der Waals surface area contributed by atoms with Crippen LogP contribution in [0.15, 0.2) is 24.8 Å². The third-order valence-electron chi connectivity index (χ3n) is 3.35. The summed E-state index contributed by atoms with van der Waals surface area (Å²) in [5.74, 6) is -2.02. The first-order valence-corrected chi connectivity index (χ1v) is 5.22. The summed E-state index contributed by atoms with van der Waals surface area (Å²) in [6.45, 7) is 3.42. The van der Waals surface area contributed by atoms with Crippen molar-refractivity contribution < 1.29 is 14.4 Å². The molecule has 0 radical (unpaired) electrons. The minimum atomic E-state index is -0.520. The van der Waals surface area contributed by atoms with Crippen LogP contribution in [0, 0.1) is 17.8 Å². The number of imide groups is 1. The van der Waals surface area contributed by atoms with E-state index in [2.05, 4.69) is 6.58 Å². The van der Waals surface area contributed by atoms with E-state index < -0.39 is 11.8 Å². The number of fused-ring (bicyclic) bond motifs is 1. The highest BCUT2D eigenvalue weighted by molar-refractivity contribution is 6.08. The first kappa shape index (κ1) is 10.8. The van der Waals surface area contributed by atoms with Gasteiger partial charge in [0.25, 0.3) is 0 Å². The summed E-state index contributed by atoms with van der Waals surface area (Å²) in [5, 5.41) is 0. The standard InChI is InChI=1S/C12H13NO3/c1-3-9(14)7-5-4-6-8-10(7)12(16)13(2)11(8)15/h3-5,7-8,10H,1,6H2,2H3/t7?,8-,10+/m1/s1. The average Bonchev–Trinajstić information content (AvgIpc) is 2.54. The monoisotopic (exact) mass is 219 g/mol. The lowest BCUT2D eigenvalue weighted by Crippen LogP contribution is -2.33. The normalized spacial score (nSPS) is 32.8. The van der Waals surface area contributed by atoms with Crippen LogP contribution in [0.25, 0.3) is 0 Å². The van der Waals surface area contributed by atoms with Gasteiger partial charge >= 0.3 is 0 Å². The van der Waals surface area contributed by atoms with Crippen LogP contribution in [0.4, 0.5) is 0 Å². The Bertz CT molecular complexity index is 410. The topological polar surface area (TPSA) is 54.5 Å². The molecule has 3 atom stereocenters. The molecule has 2 aliphatic rings. The summed E-state index contributed by atoms with van der Waals surface area (Å²) in [4.78, 5) is 36.4. The van der Waals surface area contributed by atoms with Gasteiger partial charge in [0.15, 0.2) is 5.78 Å². The molecule has 1 aliphatic heterocycles. The zero-order valence-corrected chi connectivity index (χ0v) is 9.05. The number of rotatable bonds is 2. The number of likely N-dealkylation sites (tertiary alicyclic amines) is 1. The van der Waals surface area contributed by atoms with Crippen molar-refractivity contribution in [2.75, 3.05) is 7.05 Å². The summed E-state index contributed by atoms with van der Waals surface area (Å²) in [5.41, 5.74) is 0. The molecule has 2 rings (SSSR count). The Morgan fingerprint density at radius 3 is 2.81 bits per heavy atom. The van der Waals surface area contributed by atoms with Crippen LogP contribution in [0.5, 0.6) is 0 Å². The van der Waals surface area contributed by atoms with Crippen molar-refractivity contribution in [1.29, 1.82) is 0 Å². The molecular formula is C12H13NO3. The van der Waals surface area contributed by atoms with Crippen molar-refractivity contribution in [1.82, 2.24) is 4.90 Å². The molecule has 0 aromatic carbocycles. The van der Waals surface area contributed by atoms with Crippen LogP contribution in [0.1, 0.15) is 6.42 Å². The summed E-state index contributed by atoms with van der Waals surface area (Å²) >= 11 is 0. The fourth-order valence-corrected chi connectivity index (χ4v) is 2.46. The number of nitrogens with zero attached hydrogens (tertiary/aromatic N) is 1. The van der Waals surface area contributed by atoms with Crippen LogP contribution in [0.2, 0.25) is 0 Å². The third-order valence-corrected chi connectivity index (χ3v) is 3.35. The van der Waals surface area contributed by atoms with Gasteiger partial charge in [-0.2, -0.15) is 0 Å². The Kier molecular flexibility index (Phi) is 2.50. The van der Waals surface area contributed by atoms with E-state index in [0.29, 0.717) is 6.42 Å². The number of carbonyl (C=O) groups excluding carboxylic acids is 3. The van der Waals surface area contributed by atoms with Gasteiger partial charge in [-0.15, -0.1) is 0 Å². The maximum absolute atomic E-state index is 11.9. The smallest absolute Gasteiger partial charge is 0.233 e. The molecule has 16 heavy (non-hydrogen) atoms. The van der Waals surface area contributed by atoms with E-state index >= 15 is 0 Å². The highest BCUT2D eigenvalue weighted by Crippen LogP contribution is 2.38. The van der Waals surface area contributed by atoms with Gasteiger partial charge in [0.05, 0.1) is 17.8 Å². The molecule has 4 heteroatoms. The Hall–Kier alpha value is -1.71. The average molecular weight is 219 g/mol. The van der Waals surface area contributed by atoms with Gasteiger partial charge in [-0.05, 0) is 12.5 Å². The first-order chi connectivity index (χ1) is 7.57. The Labute approximate surface area is 93.6 Å². The molecule has 0 N–H and O–H groups in total. The van der Waals surface area contributed by atoms with Crippen LogP contribution in [-0.4, -0.2) is 29.5 Å². The molecule has 0 saturated carbocycles. The zero-order chi connectivity index (χ0) is 11.9. The molecule has 0 bridgehead atoms. The quantitative estimate of drug-likeness (QED) is 0.387. The number of allylic oxidation sites excluding steroid dienone is 3. The second kappa shape index (κ2) is 3.70. The predicted molar refractivity (Wildman–Crippen MR) is 57.2 cm³/mol. The summed E-state index contributed by atoms with van der Waals surface area (Å²) < 4.78 is 0. The van der Waals surface area contributed by atoms with Crippen LogP contribution in [-0.2, 0) is 14.4 Å². The minimum Gasteiger partial charge on any atom is -0.294 e. The number of hydrogen-bond donors (Lipinski definition) is 0. The summed E-state index contributed by atoms with van der Waals surface area (Å²) in [6.07, 6.45) is 5.28. The molecule has 0 aromatic rings. The lowest BCUT2D eigenvalue weighted by atomic mass is 9.75. The second-order valence-corrected chi connectivity index (χ2v) is 4.16. The predicted octanol–water partition coefficient (Wildman–Crippen LogP) is 0.549. The van der Waals surface area contributed by atoms with Gasteiger partial charge in [-0.25, -0.2) is 0 Å². The molecule has 0 spiro atoms. The van der Waals surface area contributed by atoms with Gasteiger partial charge in [0.1, 0.15) is 0 Å². The fourth-order valence-electron chi connectivity index (χ4n) is 2.46. The molecule has 0 aromatic heterocycles. The molecule has 84 valence electrons. The lowest BCUT2D eigenvalue weighted by molar-refractivity contribution is -0.139. The summed E-state index contributed by atoms with van der Waals surface area (Å²) in [6, 6.07) is 0. The van der Waals surface area contributed by atoms with Crippen LogP contribution in [0.3, 0.4) is 0 Å². The number of ketones is 1. The molecule has 1 saturated heterocycles. The van der Waals surface area contributed by atoms with Gasteiger partial charge in [0.2, 0.25) is 11.8 Å². The van der Waals surface area contributed by atoms with Crippen molar-refractivity contribution >= 4 is 17.6 Å². The molecule has 2 amide bonds. The van der Waals surface area contributed by atoms with Crippen molar-refractivity contribution in [2.45, 2.75) is 6.42 Å². The molecule has 1 fully saturated rings.